The van der Waals surface area contributed by atoms with Crippen LogP contribution in [0.3, 0.4) is 0 Å². The Labute approximate surface area is 137 Å². The van der Waals surface area contributed by atoms with Gasteiger partial charge in [0.25, 0.3) is 0 Å². The number of rotatable bonds is 2. The highest BCUT2D eigenvalue weighted by atomic mass is 35.5. The van der Waals surface area contributed by atoms with Gasteiger partial charge in [-0.1, -0.05) is 31.4 Å². The first-order chi connectivity index (χ1) is 9.66. The lowest BCUT2D eigenvalue weighted by Gasteiger charge is -2.30. The van der Waals surface area contributed by atoms with Crippen molar-refractivity contribution in [3.63, 3.8) is 0 Å². The third kappa shape index (κ3) is 3.27. The van der Waals surface area contributed by atoms with Crippen LogP contribution in [0.2, 0.25) is 5.02 Å². The van der Waals surface area contributed by atoms with Crippen molar-refractivity contribution in [2.24, 2.45) is 5.92 Å². The normalized spacial score (nSPS) is 21.9. The van der Waals surface area contributed by atoms with Crippen molar-refractivity contribution in [2.75, 3.05) is 5.32 Å². The molecule has 1 N–H and O–H groups in total. The molecule has 2 nitrogen and oxygen atoms in total. The minimum atomic E-state index is 0. The van der Waals surface area contributed by atoms with Gasteiger partial charge in [0.1, 0.15) is 0 Å². The molecule has 1 saturated carbocycles. The smallest absolute Gasteiger partial charge is 0.0766 e. The van der Waals surface area contributed by atoms with E-state index in [1.54, 1.807) is 0 Å². The maximum absolute atomic E-state index is 6.19. The minimum Gasteiger partial charge on any atom is -1.00 e. The first-order valence-electron chi connectivity index (χ1n) is 7.47. The van der Waals surface area contributed by atoms with E-state index >= 15 is 0 Å². The molecule has 0 radical (unpaired) electrons. The number of nitrogens with one attached hydrogen (secondary N) is 1. The van der Waals surface area contributed by atoms with E-state index in [9.17, 15) is 0 Å². The van der Waals surface area contributed by atoms with E-state index in [-0.39, 0.29) is 12.4 Å². The molecule has 1 aromatic heterocycles. The zero-order valence-corrected chi connectivity index (χ0v) is 14.0. The second kappa shape index (κ2) is 6.85. The zero-order chi connectivity index (χ0) is 14.1. The molecular weight excluding hydrogens is 303 g/mol. The number of aromatic nitrogens is 1. The summed E-state index contributed by atoms with van der Waals surface area (Å²) in [5.74, 6) is 0.736. The van der Waals surface area contributed by atoms with Gasteiger partial charge in [-0.2, -0.15) is 0 Å². The third-order valence-electron chi connectivity index (χ3n) is 4.55. The molecule has 3 rings (SSSR count). The van der Waals surface area contributed by atoms with Crippen LogP contribution >= 0.6 is 11.6 Å². The van der Waals surface area contributed by atoms with E-state index in [4.69, 9.17) is 11.6 Å². The first-order valence-corrected chi connectivity index (χ1v) is 7.85. The van der Waals surface area contributed by atoms with Crippen LogP contribution < -0.4 is 17.7 Å². The molecule has 0 spiro atoms. The van der Waals surface area contributed by atoms with Crippen molar-refractivity contribution in [3.8, 4) is 0 Å². The Morgan fingerprint density at radius 3 is 2.71 bits per heavy atom. The molecule has 2 aromatic rings. The summed E-state index contributed by atoms with van der Waals surface area (Å²) in [6.07, 6.45) is 7.16. The van der Waals surface area contributed by atoms with Gasteiger partial charge >= 0.3 is 0 Å². The van der Waals surface area contributed by atoms with Gasteiger partial charge in [-0.25, -0.2) is 0 Å². The number of anilines is 1. The van der Waals surface area contributed by atoms with Crippen LogP contribution in [0, 0.1) is 12.8 Å². The SMILES string of the molecule is Cc1c(Cl)ccc2c(NC3CCCCC3C)ccnc12.[Cl-]. The van der Waals surface area contributed by atoms with Crippen molar-refractivity contribution in [3.05, 3.63) is 35.0 Å². The predicted octanol–water partition coefficient (Wildman–Crippen LogP) is 2.19. The van der Waals surface area contributed by atoms with Gasteiger partial charge < -0.3 is 17.7 Å². The summed E-state index contributed by atoms with van der Waals surface area (Å²) in [7, 11) is 0. The highest BCUT2D eigenvalue weighted by Crippen LogP contribution is 2.32. The van der Waals surface area contributed by atoms with Crippen molar-refractivity contribution < 1.29 is 12.4 Å². The highest BCUT2D eigenvalue weighted by Gasteiger charge is 2.21. The maximum atomic E-state index is 6.19. The quantitative estimate of drug-likeness (QED) is 0.916. The second-order valence-electron chi connectivity index (χ2n) is 5.94. The van der Waals surface area contributed by atoms with Crippen molar-refractivity contribution in [2.45, 2.75) is 45.6 Å². The zero-order valence-electron chi connectivity index (χ0n) is 12.5. The Morgan fingerprint density at radius 2 is 1.95 bits per heavy atom. The Hall–Kier alpha value is -0.990. The van der Waals surface area contributed by atoms with Crippen LogP contribution in [-0.2, 0) is 0 Å². The summed E-state index contributed by atoms with van der Waals surface area (Å²) in [5, 5.41) is 5.70. The molecule has 2 unspecified atom stereocenters. The van der Waals surface area contributed by atoms with E-state index in [2.05, 4.69) is 29.4 Å². The molecule has 2 atom stereocenters. The summed E-state index contributed by atoms with van der Waals surface area (Å²) in [6.45, 7) is 4.38. The molecule has 1 aliphatic rings. The van der Waals surface area contributed by atoms with Crippen molar-refractivity contribution >= 4 is 28.2 Å². The molecular formula is C17H21Cl2N2-. The monoisotopic (exact) mass is 323 g/mol. The van der Waals surface area contributed by atoms with Gasteiger partial charge in [0.15, 0.2) is 0 Å². The molecule has 0 amide bonds. The fourth-order valence-electron chi connectivity index (χ4n) is 3.19. The predicted molar refractivity (Wildman–Crippen MR) is 86.5 cm³/mol. The lowest BCUT2D eigenvalue weighted by atomic mass is 9.85. The molecule has 1 heterocycles. The third-order valence-corrected chi connectivity index (χ3v) is 4.96. The maximum Gasteiger partial charge on any atom is 0.0766 e. The van der Waals surface area contributed by atoms with Crippen molar-refractivity contribution in [1.29, 1.82) is 0 Å². The molecule has 4 heteroatoms. The molecule has 0 aliphatic heterocycles. The van der Waals surface area contributed by atoms with E-state index in [0.717, 1.165) is 22.0 Å². The molecule has 21 heavy (non-hydrogen) atoms. The van der Waals surface area contributed by atoms with Crippen LogP contribution in [0.5, 0.6) is 0 Å². The summed E-state index contributed by atoms with van der Waals surface area (Å²) in [5.41, 5.74) is 3.25. The summed E-state index contributed by atoms with van der Waals surface area (Å²) in [4.78, 5) is 4.49. The minimum absolute atomic E-state index is 0. The summed E-state index contributed by atoms with van der Waals surface area (Å²) in [6, 6.07) is 6.70. The van der Waals surface area contributed by atoms with Gasteiger partial charge in [-0.3, -0.25) is 4.98 Å². The van der Waals surface area contributed by atoms with Crippen LogP contribution in [0.1, 0.15) is 38.2 Å². The number of nitrogens with zero attached hydrogens (tertiary/aromatic N) is 1. The molecule has 1 aliphatic carbocycles. The van der Waals surface area contributed by atoms with Gasteiger partial charge in [-0.05, 0) is 49.4 Å². The number of benzene rings is 1. The van der Waals surface area contributed by atoms with E-state index in [0.29, 0.717) is 6.04 Å². The molecule has 1 aromatic carbocycles. The average molecular weight is 324 g/mol. The summed E-state index contributed by atoms with van der Waals surface area (Å²) < 4.78 is 0. The Balaban J connectivity index is 0.00000161. The lowest BCUT2D eigenvalue weighted by Crippen LogP contribution is -3.00. The largest absolute Gasteiger partial charge is 1.00 e. The fraction of sp³-hybridized carbons (Fsp3) is 0.471. The lowest BCUT2D eigenvalue weighted by molar-refractivity contribution is -0.00000411. The molecule has 0 saturated heterocycles. The van der Waals surface area contributed by atoms with E-state index in [1.807, 2.05) is 19.2 Å². The number of pyridine rings is 1. The van der Waals surface area contributed by atoms with Crippen LogP contribution in [0.15, 0.2) is 24.4 Å². The van der Waals surface area contributed by atoms with Crippen LogP contribution in [0.4, 0.5) is 5.69 Å². The van der Waals surface area contributed by atoms with Gasteiger partial charge in [0.05, 0.1) is 5.52 Å². The number of hydrogen-bond donors (Lipinski definition) is 1. The standard InChI is InChI=1S/C17H21ClN2.ClH/c1-11-5-3-4-6-15(11)20-16-9-10-19-17-12(2)14(18)8-7-13(16)17;/h7-11,15H,3-6H2,1-2H3,(H,19,20);1H/p-1. The van der Waals surface area contributed by atoms with Crippen LogP contribution in [-0.4, -0.2) is 11.0 Å². The van der Waals surface area contributed by atoms with Gasteiger partial charge in [-0.15, -0.1) is 0 Å². The Bertz CT molecular complexity index is 627. The molecule has 114 valence electrons. The number of aryl methyl sites for hydroxylation is 1. The second-order valence-corrected chi connectivity index (χ2v) is 6.35. The van der Waals surface area contributed by atoms with Gasteiger partial charge in [0.2, 0.25) is 0 Å². The highest BCUT2D eigenvalue weighted by molar-refractivity contribution is 6.32. The van der Waals surface area contributed by atoms with Gasteiger partial charge in [0, 0.05) is 28.3 Å². The summed E-state index contributed by atoms with van der Waals surface area (Å²) >= 11 is 6.19. The Morgan fingerprint density at radius 1 is 1.19 bits per heavy atom. The number of halogens is 2. The first kappa shape index (κ1) is 16.4. The van der Waals surface area contributed by atoms with Crippen LogP contribution in [0.25, 0.3) is 10.9 Å². The fourth-order valence-corrected chi connectivity index (χ4v) is 3.34. The van der Waals surface area contributed by atoms with Crippen molar-refractivity contribution in [1.82, 2.24) is 4.98 Å². The average Bonchev–Trinajstić information content (AvgIpc) is 2.46. The molecule has 0 bridgehead atoms. The molecule has 1 fully saturated rings. The van der Waals surface area contributed by atoms with E-state index in [1.165, 1.54) is 36.8 Å². The topological polar surface area (TPSA) is 24.9 Å². The Kier molecular flexibility index (Phi) is 5.34. The number of fused-ring (bicyclic) bond motifs is 1. The van der Waals surface area contributed by atoms with E-state index < -0.39 is 0 Å². The number of hydrogen-bond acceptors (Lipinski definition) is 2.